The maximum atomic E-state index is 12.0. The Labute approximate surface area is 106 Å². The largest absolute Gasteiger partial charge is 0.477 e. The third-order valence-electron chi connectivity index (χ3n) is 2.48. The second-order valence-corrected chi connectivity index (χ2v) is 3.85. The Morgan fingerprint density at radius 3 is 2.83 bits per heavy atom. The molecule has 0 saturated heterocycles. The molecule has 18 heavy (non-hydrogen) atoms. The summed E-state index contributed by atoms with van der Waals surface area (Å²) in [6.07, 6.45) is 7.59. The molecule has 0 bridgehead atoms. The minimum atomic E-state index is -1.05. The highest BCUT2D eigenvalue weighted by atomic mass is 16.4. The average Bonchev–Trinajstić information content (AvgIpc) is 2.77. The van der Waals surface area contributed by atoms with Gasteiger partial charge in [0.05, 0.1) is 6.54 Å². The van der Waals surface area contributed by atoms with Crippen LogP contribution >= 0.6 is 0 Å². The van der Waals surface area contributed by atoms with E-state index < -0.39 is 5.97 Å². The van der Waals surface area contributed by atoms with Crippen LogP contribution in [0.4, 0.5) is 0 Å². The van der Waals surface area contributed by atoms with Crippen LogP contribution in [0.5, 0.6) is 0 Å². The van der Waals surface area contributed by atoms with Crippen LogP contribution in [-0.2, 0) is 11.3 Å². The third kappa shape index (κ3) is 3.39. The number of carboxylic acid groups (broad SMARTS) is 1. The lowest BCUT2D eigenvalue weighted by Crippen LogP contribution is -2.35. The molecule has 0 radical (unpaired) electrons. The van der Waals surface area contributed by atoms with Gasteiger partial charge in [-0.1, -0.05) is 12.8 Å². The second-order valence-electron chi connectivity index (χ2n) is 3.85. The van der Waals surface area contributed by atoms with Crippen molar-refractivity contribution < 1.29 is 14.7 Å². The molecule has 1 rings (SSSR count). The van der Waals surface area contributed by atoms with Gasteiger partial charge in [0, 0.05) is 12.7 Å². The van der Waals surface area contributed by atoms with Gasteiger partial charge in [0.25, 0.3) is 0 Å². The molecular weight excluding hydrogens is 232 g/mol. The quantitative estimate of drug-likeness (QED) is 0.766. The summed E-state index contributed by atoms with van der Waals surface area (Å²) in [5, 5.41) is 8.93. The van der Waals surface area contributed by atoms with Crippen molar-refractivity contribution in [3.63, 3.8) is 0 Å². The van der Waals surface area contributed by atoms with Crippen molar-refractivity contribution >= 4 is 11.9 Å². The molecule has 1 aromatic heterocycles. The van der Waals surface area contributed by atoms with Gasteiger partial charge in [-0.3, -0.25) is 4.79 Å². The number of hydrogen-bond donors (Lipinski definition) is 1. The smallest absolute Gasteiger partial charge is 0.352 e. The van der Waals surface area contributed by atoms with Crippen LogP contribution in [0.25, 0.3) is 0 Å². The Morgan fingerprint density at radius 2 is 2.28 bits per heavy atom. The molecule has 0 saturated carbocycles. The lowest BCUT2D eigenvalue weighted by atomic mass is 10.3. The van der Waals surface area contributed by atoms with Gasteiger partial charge in [-0.25, -0.2) is 4.79 Å². The fourth-order valence-electron chi connectivity index (χ4n) is 1.66. The Kier molecular flexibility index (Phi) is 5.00. The minimum Gasteiger partial charge on any atom is -0.477 e. The number of terminal acetylenes is 1. The Bertz CT molecular complexity index is 471. The molecule has 0 unspecified atom stereocenters. The number of carbonyl (C=O) groups excluding carboxylic acids is 1. The molecule has 5 heteroatoms. The van der Waals surface area contributed by atoms with Gasteiger partial charge in [-0.15, -0.1) is 6.42 Å². The van der Waals surface area contributed by atoms with Gasteiger partial charge < -0.3 is 14.6 Å². The maximum absolute atomic E-state index is 12.0. The van der Waals surface area contributed by atoms with Gasteiger partial charge in [-0.2, -0.15) is 0 Å². The van der Waals surface area contributed by atoms with Crippen LogP contribution < -0.4 is 0 Å². The zero-order valence-corrected chi connectivity index (χ0v) is 10.3. The molecule has 1 heterocycles. The van der Waals surface area contributed by atoms with Crippen molar-refractivity contribution in [3.8, 4) is 12.3 Å². The van der Waals surface area contributed by atoms with Crippen molar-refractivity contribution in [1.82, 2.24) is 9.47 Å². The summed E-state index contributed by atoms with van der Waals surface area (Å²) < 4.78 is 1.41. The molecule has 5 nitrogen and oxygen atoms in total. The SMILES string of the molecule is C#CCN(CCC)C(=O)Cn1cccc1C(=O)O. The van der Waals surface area contributed by atoms with Crippen LogP contribution in [0.1, 0.15) is 23.8 Å². The predicted molar refractivity (Wildman–Crippen MR) is 67.1 cm³/mol. The van der Waals surface area contributed by atoms with E-state index in [-0.39, 0.29) is 24.7 Å². The summed E-state index contributed by atoms with van der Waals surface area (Å²) in [5.74, 6) is 1.21. The summed E-state index contributed by atoms with van der Waals surface area (Å²) in [5.41, 5.74) is 0.0977. The summed E-state index contributed by atoms with van der Waals surface area (Å²) in [4.78, 5) is 24.4. The van der Waals surface area contributed by atoms with Crippen molar-refractivity contribution in [1.29, 1.82) is 0 Å². The highest BCUT2D eigenvalue weighted by molar-refractivity contribution is 5.87. The molecule has 0 aliphatic rings. The van der Waals surface area contributed by atoms with E-state index in [1.807, 2.05) is 6.92 Å². The number of rotatable bonds is 6. The number of amides is 1. The summed E-state index contributed by atoms with van der Waals surface area (Å²) in [6.45, 7) is 2.77. The predicted octanol–water partition coefficient (Wildman–Crippen LogP) is 1.06. The molecule has 96 valence electrons. The Balaban J connectivity index is 2.76. The minimum absolute atomic E-state index is 0.00366. The fourth-order valence-corrected chi connectivity index (χ4v) is 1.66. The van der Waals surface area contributed by atoms with Gasteiger partial charge in [0.15, 0.2) is 0 Å². The van der Waals surface area contributed by atoms with Crippen molar-refractivity contribution in [2.45, 2.75) is 19.9 Å². The van der Waals surface area contributed by atoms with E-state index in [0.717, 1.165) is 6.42 Å². The molecule has 1 aromatic rings. The first-order valence-corrected chi connectivity index (χ1v) is 5.69. The number of aromatic carboxylic acids is 1. The molecule has 0 spiro atoms. The number of nitrogens with zero attached hydrogens (tertiary/aromatic N) is 2. The fraction of sp³-hybridized carbons (Fsp3) is 0.385. The van der Waals surface area contributed by atoms with E-state index in [1.54, 1.807) is 17.2 Å². The van der Waals surface area contributed by atoms with E-state index in [1.165, 1.54) is 10.6 Å². The number of carboxylic acids is 1. The highest BCUT2D eigenvalue weighted by Crippen LogP contribution is 2.04. The highest BCUT2D eigenvalue weighted by Gasteiger charge is 2.15. The number of aromatic nitrogens is 1. The number of carbonyl (C=O) groups is 2. The van der Waals surface area contributed by atoms with E-state index in [0.29, 0.717) is 6.54 Å². The molecule has 1 N–H and O–H groups in total. The number of hydrogen-bond acceptors (Lipinski definition) is 2. The molecule has 0 fully saturated rings. The van der Waals surface area contributed by atoms with Crippen LogP contribution in [0, 0.1) is 12.3 Å². The second kappa shape index (κ2) is 6.50. The van der Waals surface area contributed by atoms with Gasteiger partial charge in [0.1, 0.15) is 12.2 Å². The first kappa shape index (κ1) is 13.8. The lowest BCUT2D eigenvalue weighted by Gasteiger charge is -2.20. The molecule has 1 amide bonds. The van der Waals surface area contributed by atoms with E-state index >= 15 is 0 Å². The Morgan fingerprint density at radius 1 is 1.56 bits per heavy atom. The van der Waals surface area contributed by atoms with Gasteiger partial charge in [0.2, 0.25) is 5.91 Å². The zero-order valence-electron chi connectivity index (χ0n) is 10.3. The van der Waals surface area contributed by atoms with Crippen LogP contribution in [0.3, 0.4) is 0 Å². The average molecular weight is 248 g/mol. The standard InChI is InChI=1S/C13H16N2O3/c1-3-7-14(8-4-2)12(16)10-15-9-5-6-11(15)13(17)18/h1,5-6,9H,4,7-8,10H2,2H3,(H,17,18). The topological polar surface area (TPSA) is 62.5 Å². The molecule has 0 aliphatic heterocycles. The van der Waals surface area contributed by atoms with Crippen LogP contribution in [-0.4, -0.2) is 39.5 Å². The lowest BCUT2D eigenvalue weighted by molar-refractivity contribution is -0.131. The maximum Gasteiger partial charge on any atom is 0.352 e. The summed E-state index contributed by atoms with van der Waals surface area (Å²) in [7, 11) is 0. The molecule has 0 aliphatic carbocycles. The molecule has 0 atom stereocenters. The van der Waals surface area contributed by atoms with E-state index in [9.17, 15) is 9.59 Å². The summed E-state index contributed by atoms with van der Waals surface area (Å²) >= 11 is 0. The first-order chi connectivity index (χ1) is 8.60. The van der Waals surface area contributed by atoms with Gasteiger partial charge >= 0.3 is 5.97 Å². The Hall–Kier alpha value is -2.22. The van der Waals surface area contributed by atoms with Crippen molar-refractivity contribution in [2.75, 3.05) is 13.1 Å². The monoisotopic (exact) mass is 248 g/mol. The van der Waals surface area contributed by atoms with E-state index in [4.69, 9.17) is 11.5 Å². The zero-order chi connectivity index (χ0) is 13.5. The summed E-state index contributed by atoms with van der Waals surface area (Å²) in [6, 6.07) is 3.06. The normalized spacial score (nSPS) is 9.78. The van der Waals surface area contributed by atoms with Crippen molar-refractivity contribution in [2.24, 2.45) is 0 Å². The first-order valence-electron chi connectivity index (χ1n) is 5.69. The van der Waals surface area contributed by atoms with Crippen molar-refractivity contribution in [3.05, 3.63) is 24.0 Å². The third-order valence-corrected chi connectivity index (χ3v) is 2.48. The van der Waals surface area contributed by atoms with Gasteiger partial charge in [-0.05, 0) is 18.6 Å². The van der Waals surface area contributed by atoms with Crippen LogP contribution in [0.15, 0.2) is 18.3 Å². The van der Waals surface area contributed by atoms with Crippen LogP contribution in [0.2, 0.25) is 0 Å². The van der Waals surface area contributed by atoms with E-state index in [2.05, 4.69) is 5.92 Å². The molecular formula is C13H16N2O3. The molecule has 0 aromatic carbocycles.